The van der Waals surface area contributed by atoms with Crippen LogP contribution >= 0.6 is 0 Å². The molecule has 36 heavy (non-hydrogen) atoms. The summed E-state index contributed by atoms with van der Waals surface area (Å²) in [5, 5.41) is 20.9. The SMILES string of the molecule is NS(=O)(=O)c1ccc(C(O)(c2ccc3c(cnn3-c3ccc(F)cc3)c2)C(F)(F)F)c2ccccc12. The smallest absolute Gasteiger partial charge is 0.372 e. The summed E-state index contributed by atoms with van der Waals surface area (Å²) in [6.45, 7) is 0. The first kappa shape index (κ1) is 23.9. The van der Waals surface area contributed by atoms with Gasteiger partial charge in [0.2, 0.25) is 15.6 Å². The Morgan fingerprint density at radius 1 is 0.889 bits per heavy atom. The van der Waals surface area contributed by atoms with Crippen LogP contribution in [-0.4, -0.2) is 29.5 Å². The second-order valence-electron chi connectivity index (χ2n) is 8.22. The Morgan fingerprint density at radius 3 is 2.19 bits per heavy atom. The molecule has 5 aromatic rings. The fourth-order valence-corrected chi connectivity index (χ4v) is 5.10. The van der Waals surface area contributed by atoms with Crippen LogP contribution in [0, 0.1) is 5.82 Å². The maximum Gasteiger partial charge on any atom is 0.425 e. The number of fused-ring (bicyclic) bond motifs is 2. The van der Waals surface area contributed by atoms with Crippen LogP contribution in [0.1, 0.15) is 11.1 Å². The molecular formula is C25H17F4N3O3S. The van der Waals surface area contributed by atoms with Crippen LogP contribution in [0.25, 0.3) is 27.4 Å². The highest BCUT2D eigenvalue weighted by atomic mass is 32.2. The van der Waals surface area contributed by atoms with Gasteiger partial charge >= 0.3 is 6.18 Å². The molecule has 0 saturated heterocycles. The van der Waals surface area contributed by atoms with Gasteiger partial charge in [0.1, 0.15) is 5.82 Å². The molecule has 0 spiro atoms. The highest BCUT2D eigenvalue weighted by molar-refractivity contribution is 7.89. The number of aliphatic hydroxyl groups is 1. The van der Waals surface area contributed by atoms with E-state index < -0.39 is 38.7 Å². The van der Waals surface area contributed by atoms with Crippen LogP contribution in [0.5, 0.6) is 0 Å². The van der Waals surface area contributed by atoms with Crippen molar-refractivity contribution in [1.82, 2.24) is 9.78 Å². The third-order valence-corrected chi connectivity index (χ3v) is 7.02. The molecule has 0 amide bonds. The second-order valence-corrected chi connectivity index (χ2v) is 9.75. The van der Waals surface area contributed by atoms with E-state index in [-0.39, 0.29) is 15.7 Å². The van der Waals surface area contributed by atoms with Gasteiger partial charge in [0.05, 0.1) is 22.3 Å². The van der Waals surface area contributed by atoms with E-state index in [0.717, 1.165) is 24.3 Å². The summed E-state index contributed by atoms with van der Waals surface area (Å²) in [5.41, 5.74) is -3.60. The number of nitrogens with zero attached hydrogens (tertiary/aromatic N) is 2. The normalized spacial score (nSPS) is 14.3. The summed E-state index contributed by atoms with van der Waals surface area (Å²) in [6, 6.07) is 16.5. The van der Waals surface area contributed by atoms with Crippen molar-refractivity contribution in [2.45, 2.75) is 16.7 Å². The Hall–Kier alpha value is -3.80. The summed E-state index contributed by atoms with van der Waals surface area (Å²) in [5.74, 6) is -0.451. The van der Waals surface area contributed by atoms with Crippen molar-refractivity contribution in [3.8, 4) is 5.69 Å². The van der Waals surface area contributed by atoms with E-state index in [0.29, 0.717) is 16.6 Å². The Balaban J connectivity index is 1.74. The third kappa shape index (κ3) is 3.72. The fraction of sp³-hybridized carbons (Fsp3) is 0.0800. The standard InChI is InChI=1S/C25H17F4N3O3S/c26-17-6-8-18(9-7-17)32-22-11-5-16(13-15(22)14-31-32)24(33,25(27,28)29)21-10-12-23(36(30,34)35)20-4-2-1-3-19(20)21/h1-14,33H,(H2,30,34,35). The lowest BCUT2D eigenvalue weighted by Gasteiger charge is -2.33. The Bertz CT molecular complexity index is 1730. The van der Waals surface area contributed by atoms with Crippen molar-refractivity contribution in [3.63, 3.8) is 0 Å². The Morgan fingerprint density at radius 2 is 1.56 bits per heavy atom. The number of rotatable bonds is 4. The number of hydrogen-bond donors (Lipinski definition) is 2. The van der Waals surface area contributed by atoms with Gasteiger partial charge in [0, 0.05) is 16.3 Å². The predicted molar refractivity (Wildman–Crippen MR) is 125 cm³/mol. The minimum atomic E-state index is -5.18. The van der Waals surface area contributed by atoms with Crippen LogP contribution in [0.4, 0.5) is 17.6 Å². The lowest BCUT2D eigenvalue weighted by atomic mass is 9.82. The van der Waals surface area contributed by atoms with Crippen LogP contribution in [0.15, 0.2) is 90.0 Å². The number of aromatic nitrogens is 2. The van der Waals surface area contributed by atoms with Crippen LogP contribution < -0.4 is 5.14 Å². The van der Waals surface area contributed by atoms with Crippen molar-refractivity contribution in [1.29, 1.82) is 0 Å². The van der Waals surface area contributed by atoms with Crippen molar-refractivity contribution in [2.75, 3.05) is 0 Å². The van der Waals surface area contributed by atoms with Gasteiger partial charge < -0.3 is 5.11 Å². The monoisotopic (exact) mass is 515 g/mol. The summed E-state index contributed by atoms with van der Waals surface area (Å²) >= 11 is 0. The number of sulfonamides is 1. The number of nitrogens with two attached hydrogens (primary N) is 1. The zero-order valence-electron chi connectivity index (χ0n) is 18.2. The summed E-state index contributed by atoms with van der Waals surface area (Å²) in [4.78, 5) is -0.359. The molecule has 0 bridgehead atoms. The van der Waals surface area contributed by atoms with Gasteiger partial charge in [-0.3, -0.25) is 0 Å². The minimum Gasteiger partial charge on any atom is -0.372 e. The number of halogens is 4. The molecule has 0 aliphatic carbocycles. The topological polar surface area (TPSA) is 98.2 Å². The first-order valence-corrected chi connectivity index (χ1v) is 12.0. The lowest BCUT2D eigenvalue weighted by Crippen LogP contribution is -2.43. The molecule has 4 aromatic carbocycles. The highest BCUT2D eigenvalue weighted by Crippen LogP contribution is 2.47. The number of primary sulfonamides is 1. The molecule has 5 rings (SSSR count). The summed E-state index contributed by atoms with van der Waals surface area (Å²) in [6.07, 6.45) is -3.85. The lowest BCUT2D eigenvalue weighted by molar-refractivity contribution is -0.247. The number of alkyl halides is 3. The average Bonchev–Trinajstić information content (AvgIpc) is 3.25. The van der Waals surface area contributed by atoms with Gasteiger partial charge in [-0.25, -0.2) is 22.6 Å². The maximum atomic E-state index is 14.6. The highest BCUT2D eigenvalue weighted by Gasteiger charge is 2.57. The van der Waals surface area contributed by atoms with E-state index in [2.05, 4.69) is 5.10 Å². The van der Waals surface area contributed by atoms with Gasteiger partial charge in [-0.15, -0.1) is 0 Å². The van der Waals surface area contributed by atoms with Crippen LogP contribution in [-0.2, 0) is 15.6 Å². The molecule has 0 aliphatic rings. The van der Waals surface area contributed by atoms with Gasteiger partial charge in [-0.05, 0) is 53.4 Å². The van der Waals surface area contributed by atoms with Crippen molar-refractivity contribution < 1.29 is 31.1 Å². The first-order chi connectivity index (χ1) is 16.9. The van der Waals surface area contributed by atoms with E-state index >= 15 is 0 Å². The summed E-state index contributed by atoms with van der Waals surface area (Å²) in [7, 11) is -4.24. The zero-order chi connectivity index (χ0) is 25.9. The van der Waals surface area contributed by atoms with Crippen molar-refractivity contribution in [3.05, 3.63) is 102 Å². The molecule has 0 saturated carbocycles. The average molecular weight is 515 g/mol. The van der Waals surface area contributed by atoms with E-state index in [9.17, 15) is 31.1 Å². The van der Waals surface area contributed by atoms with Crippen LogP contribution in [0.3, 0.4) is 0 Å². The van der Waals surface area contributed by atoms with Gasteiger partial charge in [0.15, 0.2) is 0 Å². The minimum absolute atomic E-state index is 0.0506. The Labute approximate surface area is 202 Å². The molecule has 0 aliphatic heterocycles. The maximum absolute atomic E-state index is 14.6. The molecule has 1 unspecified atom stereocenters. The zero-order valence-corrected chi connectivity index (χ0v) is 19.1. The van der Waals surface area contributed by atoms with Gasteiger partial charge in [0.25, 0.3) is 0 Å². The molecule has 11 heteroatoms. The van der Waals surface area contributed by atoms with Crippen molar-refractivity contribution >= 4 is 31.7 Å². The fourth-order valence-electron chi connectivity index (χ4n) is 4.35. The van der Waals surface area contributed by atoms with E-state index in [1.165, 1.54) is 65.5 Å². The van der Waals surface area contributed by atoms with E-state index in [4.69, 9.17) is 5.14 Å². The third-order valence-electron chi connectivity index (χ3n) is 6.05. The molecular weight excluding hydrogens is 498 g/mol. The van der Waals surface area contributed by atoms with Gasteiger partial charge in [-0.1, -0.05) is 36.4 Å². The first-order valence-electron chi connectivity index (χ1n) is 10.5. The molecule has 3 N–H and O–H groups in total. The molecule has 184 valence electrons. The molecule has 0 radical (unpaired) electrons. The number of benzene rings is 4. The number of hydrogen-bond acceptors (Lipinski definition) is 4. The van der Waals surface area contributed by atoms with E-state index in [1.54, 1.807) is 0 Å². The largest absolute Gasteiger partial charge is 0.425 e. The van der Waals surface area contributed by atoms with Crippen molar-refractivity contribution in [2.24, 2.45) is 5.14 Å². The quantitative estimate of drug-likeness (QED) is 0.337. The van der Waals surface area contributed by atoms with Crippen LogP contribution in [0.2, 0.25) is 0 Å². The van der Waals surface area contributed by atoms with Gasteiger partial charge in [-0.2, -0.15) is 18.3 Å². The molecule has 1 atom stereocenters. The second kappa shape index (κ2) is 8.12. The molecule has 0 fully saturated rings. The summed E-state index contributed by atoms with van der Waals surface area (Å²) < 4.78 is 82.6. The molecule has 6 nitrogen and oxygen atoms in total. The Kier molecular flexibility index (Phi) is 5.39. The molecule has 1 heterocycles. The predicted octanol–water partition coefficient (Wildman–Crippen LogP) is 4.76. The molecule has 1 aromatic heterocycles. The van der Waals surface area contributed by atoms with E-state index in [1.807, 2.05) is 0 Å².